The van der Waals surface area contributed by atoms with Crippen LogP contribution in [0.15, 0.2) is 0 Å². The Morgan fingerprint density at radius 2 is 2.16 bits per heavy atom. The molecule has 6 heteroatoms. The van der Waals surface area contributed by atoms with E-state index in [-0.39, 0.29) is 5.91 Å². The minimum absolute atomic E-state index is 0.0635. The Hall–Kier alpha value is -1.30. The molecule has 0 spiro atoms. The second-order valence-electron chi connectivity index (χ2n) is 5.42. The summed E-state index contributed by atoms with van der Waals surface area (Å²) < 4.78 is 0. The van der Waals surface area contributed by atoms with Crippen LogP contribution < -0.4 is 11.1 Å². The van der Waals surface area contributed by atoms with Gasteiger partial charge in [0.05, 0.1) is 0 Å². The zero-order valence-corrected chi connectivity index (χ0v) is 12.0. The van der Waals surface area contributed by atoms with E-state index >= 15 is 0 Å². The fraction of sp³-hybridized carbons (Fsp3) is 0.692. The van der Waals surface area contributed by atoms with Gasteiger partial charge in [-0.25, -0.2) is 4.98 Å². The van der Waals surface area contributed by atoms with E-state index in [9.17, 15) is 4.79 Å². The summed E-state index contributed by atoms with van der Waals surface area (Å²) in [5, 5.41) is 3.85. The Balaban J connectivity index is 1.73. The molecule has 1 aliphatic heterocycles. The molecule has 2 atom stereocenters. The van der Waals surface area contributed by atoms with E-state index in [1.165, 1.54) is 30.6 Å². The zero-order valence-electron chi connectivity index (χ0n) is 11.2. The van der Waals surface area contributed by atoms with E-state index in [4.69, 9.17) is 5.73 Å². The largest absolute Gasteiger partial charge is 0.382 e. The molecule has 3 rings (SSSR count). The fourth-order valence-corrected chi connectivity index (χ4v) is 4.18. The third-order valence-corrected chi connectivity index (χ3v) is 5.21. The average molecular weight is 280 g/mol. The highest BCUT2D eigenvalue weighted by Gasteiger charge is 2.39. The Morgan fingerprint density at radius 3 is 2.79 bits per heavy atom. The minimum atomic E-state index is 0.0635. The van der Waals surface area contributed by atoms with Crippen molar-refractivity contribution in [3.63, 3.8) is 0 Å². The molecule has 2 unspecified atom stereocenters. The van der Waals surface area contributed by atoms with Gasteiger partial charge < -0.3 is 16.0 Å². The third kappa shape index (κ3) is 2.29. The van der Waals surface area contributed by atoms with Gasteiger partial charge in [0.25, 0.3) is 5.91 Å². The summed E-state index contributed by atoms with van der Waals surface area (Å²) in [7, 11) is 0. The highest BCUT2D eigenvalue weighted by molar-refractivity contribution is 7.18. The first kappa shape index (κ1) is 12.7. The predicted molar refractivity (Wildman–Crippen MR) is 77.4 cm³/mol. The lowest BCUT2D eigenvalue weighted by molar-refractivity contribution is 0.0786. The van der Waals surface area contributed by atoms with Crippen LogP contribution in [-0.2, 0) is 0 Å². The number of hydrogen-bond acceptors (Lipinski definition) is 5. The molecule has 1 aliphatic carbocycles. The van der Waals surface area contributed by atoms with E-state index < -0.39 is 0 Å². The van der Waals surface area contributed by atoms with E-state index in [1.54, 1.807) is 0 Å². The summed E-state index contributed by atoms with van der Waals surface area (Å²) in [6.45, 7) is 4.59. The number of anilines is 2. The highest BCUT2D eigenvalue weighted by Crippen LogP contribution is 2.39. The monoisotopic (exact) mass is 280 g/mol. The van der Waals surface area contributed by atoms with Gasteiger partial charge in [0.2, 0.25) is 0 Å². The van der Waals surface area contributed by atoms with Gasteiger partial charge in [-0.15, -0.1) is 0 Å². The number of likely N-dealkylation sites (tertiary alicyclic amines) is 1. The quantitative estimate of drug-likeness (QED) is 0.888. The molecule has 0 radical (unpaired) electrons. The maximum absolute atomic E-state index is 12.5. The van der Waals surface area contributed by atoms with Crippen LogP contribution in [0.3, 0.4) is 0 Å². The van der Waals surface area contributed by atoms with Crippen molar-refractivity contribution in [1.82, 2.24) is 9.88 Å². The van der Waals surface area contributed by atoms with Gasteiger partial charge in [0.1, 0.15) is 10.7 Å². The summed E-state index contributed by atoms with van der Waals surface area (Å²) in [5.41, 5.74) is 5.87. The molecule has 0 bridgehead atoms. The number of amides is 1. The summed E-state index contributed by atoms with van der Waals surface area (Å²) in [5.74, 6) is 1.86. The number of aromatic nitrogens is 1. The molecule has 2 fully saturated rings. The number of thiazole rings is 1. The van der Waals surface area contributed by atoms with Gasteiger partial charge >= 0.3 is 0 Å². The van der Waals surface area contributed by atoms with Crippen molar-refractivity contribution in [1.29, 1.82) is 0 Å². The van der Waals surface area contributed by atoms with Crippen LogP contribution in [0.2, 0.25) is 0 Å². The molecule has 5 nitrogen and oxygen atoms in total. The van der Waals surface area contributed by atoms with Gasteiger partial charge in [0, 0.05) is 19.6 Å². The first-order chi connectivity index (χ1) is 9.19. The Kier molecular flexibility index (Phi) is 3.35. The molecule has 3 N–H and O–H groups in total. The van der Waals surface area contributed by atoms with Gasteiger partial charge in [-0.3, -0.25) is 4.79 Å². The number of rotatable bonds is 3. The van der Waals surface area contributed by atoms with Gasteiger partial charge in [-0.1, -0.05) is 17.8 Å². The molecule has 1 amide bonds. The van der Waals surface area contributed by atoms with Crippen LogP contribution >= 0.6 is 11.3 Å². The molecular weight excluding hydrogens is 260 g/mol. The van der Waals surface area contributed by atoms with Crippen LogP contribution in [0.5, 0.6) is 0 Å². The SMILES string of the molecule is CCNc1nc(N)c(C(=O)N2CC3CCCC3C2)s1. The Morgan fingerprint density at radius 1 is 1.47 bits per heavy atom. The van der Waals surface area contributed by atoms with Gasteiger partial charge in [0.15, 0.2) is 5.13 Å². The summed E-state index contributed by atoms with van der Waals surface area (Å²) in [6, 6.07) is 0. The number of hydrogen-bond donors (Lipinski definition) is 2. The second kappa shape index (κ2) is 5.00. The molecule has 104 valence electrons. The molecule has 1 aromatic rings. The summed E-state index contributed by atoms with van der Waals surface area (Å²) in [6.07, 6.45) is 3.87. The number of fused-ring (bicyclic) bond motifs is 1. The highest BCUT2D eigenvalue weighted by atomic mass is 32.1. The molecule has 1 saturated heterocycles. The Labute approximate surface area is 117 Å². The molecule has 2 heterocycles. The van der Waals surface area contributed by atoms with Crippen molar-refractivity contribution in [3.8, 4) is 0 Å². The molecule has 19 heavy (non-hydrogen) atoms. The van der Waals surface area contributed by atoms with Crippen molar-refractivity contribution in [2.75, 3.05) is 30.7 Å². The number of nitrogens with two attached hydrogens (primary N) is 1. The zero-order chi connectivity index (χ0) is 13.4. The van der Waals surface area contributed by atoms with Gasteiger partial charge in [-0.05, 0) is 31.6 Å². The van der Waals surface area contributed by atoms with Crippen LogP contribution in [0.25, 0.3) is 0 Å². The first-order valence-electron chi connectivity index (χ1n) is 6.98. The molecular formula is C13H20N4OS. The Bertz CT molecular complexity index is 475. The van der Waals surface area contributed by atoms with E-state index in [0.717, 1.165) is 24.8 Å². The standard InChI is InChI=1S/C13H20N4OS/c1-2-15-13-16-11(14)10(19-13)12(18)17-6-8-4-3-5-9(8)7-17/h8-9H,2-7,14H2,1H3,(H,15,16). The number of nitrogens with zero attached hydrogens (tertiary/aromatic N) is 2. The maximum atomic E-state index is 12.5. The lowest BCUT2D eigenvalue weighted by Crippen LogP contribution is -2.29. The lowest BCUT2D eigenvalue weighted by Gasteiger charge is -2.16. The van der Waals surface area contributed by atoms with Crippen molar-refractivity contribution >= 4 is 28.2 Å². The maximum Gasteiger partial charge on any atom is 0.267 e. The molecule has 0 aromatic carbocycles. The van der Waals surface area contributed by atoms with Crippen LogP contribution in [-0.4, -0.2) is 35.4 Å². The molecule has 1 saturated carbocycles. The fourth-order valence-electron chi connectivity index (χ4n) is 3.26. The first-order valence-corrected chi connectivity index (χ1v) is 7.80. The van der Waals surface area contributed by atoms with E-state index in [2.05, 4.69) is 10.3 Å². The molecule has 1 aromatic heterocycles. The van der Waals surface area contributed by atoms with E-state index in [1.807, 2.05) is 11.8 Å². The number of carbonyl (C=O) groups is 1. The van der Waals surface area contributed by atoms with Crippen molar-refractivity contribution in [2.24, 2.45) is 11.8 Å². The van der Waals surface area contributed by atoms with Crippen LogP contribution in [0, 0.1) is 11.8 Å². The normalized spacial score (nSPS) is 25.6. The topological polar surface area (TPSA) is 71.2 Å². The summed E-state index contributed by atoms with van der Waals surface area (Å²) in [4.78, 5) is 19.3. The predicted octanol–water partition coefficient (Wildman–Crippen LogP) is 2.03. The smallest absolute Gasteiger partial charge is 0.267 e. The third-order valence-electron chi connectivity index (χ3n) is 4.19. The van der Waals surface area contributed by atoms with Gasteiger partial charge in [-0.2, -0.15) is 0 Å². The second-order valence-corrected chi connectivity index (χ2v) is 6.42. The number of nitrogens with one attached hydrogen (secondary N) is 1. The van der Waals surface area contributed by atoms with Crippen molar-refractivity contribution in [3.05, 3.63) is 4.88 Å². The number of carbonyl (C=O) groups excluding carboxylic acids is 1. The minimum Gasteiger partial charge on any atom is -0.382 e. The number of nitrogen functional groups attached to an aromatic ring is 1. The van der Waals surface area contributed by atoms with Crippen molar-refractivity contribution in [2.45, 2.75) is 26.2 Å². The van der Waals surface area contributed by atoms with Crippen LogP contribution in [0.1, 0.15) is 35.9 Å². The molecule has 2 aliphatic rings. The summed E-state index contributed by atoms with van der Waals surface area (Å²) >= 11 is 1.37. The van der Waals surface area contributed by atoms with E-state index in [0.29, 0.717) is 22.5 Å². The van der Waals surface area contributed by atoms with Crippen LogP contribution in [0.4, 0.5) is 10.9 Å². The lowest BCUT2D eigenvalue weighted by atomic mass is 10.0. The average Bonchev–Trinajstić information content (AvgIpc) is 3.02. The van der Waals surface area contributed by atoms with Crippen molar-refractivity contribution < 1.29 is 4.79 Å².